The third-order valence-corrected chi connectivity index (χ3v) is 4.98. The lowest BCUT2D eigenvalue weighted by Crippen LogP contribution is -2.10. The number of nitrogens with two attached hydrogens (primary N) is 1. The lowest BCUT2D eigenvalue weighted by atomic mass is 9.99. The lowest BCUT2D eigenvalue weighted by Gasteiger charge is -2.15. The summed E-state index contributed by atoms with van der Waals surface area (Å²) in [6, 6.07) is 21.3. The van der Waals surface area contributed by atoms with E-state index in [1.54, 1.807) is 6.07 Å². The fourth-order valence-corrected chi connectivity index (χ4v) is 3.42. The number of non-ortho nitro benzene ring substituents is 1. The van der Waals surface area contributed by atoms with E-state index in [2.05, 4.69) is 10.6 Å². The Morgan fingerprint density at radius 1 is 1.06 bits per heavy atom. The van der Waals surface area contributed by atoms with Crippen LogP contribution in [0.2, 0.25) is 0 Å². The summed E-state index contributed by atoms with van der Waals surface area (Å²) in [7, 11) is 0. The quantitative estimate of drug-likeness (QED) is 0.297. The summed E-state index contributed by atoms with van der Waals surface area (Å²) >= 11 is 0. The van der Waals surface area contributed by atoms with Crippen LogP contribution >= 0.6 is 12.4 Å². The van der Waals surface area contributed by atoms with Crippen LogP contribution in [-0.2, 0) is 4.79 Å². The monoisotopic (exact) mass is 436 g/mol. The predicted molar refractivity (Wildman–Crippen MR) is 125 cm³/mol. The van der Waals surface area contributed by atoms with Crippen LogP contribution in [0, 0.1) is 10.1 Å². The Morgan fingerprint density at radius 3 is 2.35 bits per heavy atom. The van der Waals surface area contributed by atoms with Crippen molar-refractivity contribution in [1.29, 1.82) is 0 Å². The first kappa shape index (κ1) is 22.0. The van der Waals surface area contributed by atoms with E-state index in [9.17, 15) is 14.9 Å². The molecule has 8 heteroatoms. The van der Waals surface area contributed by atoms with Gasteiger partial charge in [0.2, 0.25) is 0 Å². The molecule has 0 aliphatic carbocycles. The molecule has 7 nitrogen and oxygen atoms in total. The first-order valence-corrected chi connectivity index (χ1v) is 9.46. The van der Waals surface area contributed by atoms with Crippen LogP contribution in [0.25, 0.3) is 11.3 Å². The number of nitro groups is 1. The van der Waals surface area contributed by atoms with Crippen LogP contribution in [0.3, 0.4) is 0 Å². The van der Waals surface area contributed by atoms with Crippen molar-refractivity contribution in [1.82, 2.24) is 0 Å². The molecule has 0 saturated heterocycles. The molecule has 31 heavy (non-hydrogen) atoms. The Morgan fingerprint density at radius 2 is 1.74 bits per heavy atom. The van der Waals surface area contributed by atoms with Gasteiger partial charge in [-0.2, -0.15) is 0 Å². The van der Waals surface area contributed by atoms with E-state index in [1.165, 1.54) is 12.1 Å². The van der Waals surface area contributed by atoms with E-state index < -0.39 is 4.92 Å². The number of carbonyl (C=O) groups is 1. The van der Waals surface area contributed by atoms with Gasteiger partial charge in [-0.05, 0) is 36.2 Å². The van der Waals surface area contributed by atoms with Gasteiger partial charge in [0.15, 0.2) is 0 Å². The number of fused-ring (bicyclic) bond motifs is 1. The zero-order chi connectivity index (χ0) is 21.3. The van der Waals surface area contributed by atoms with Gasteiger partial charge in [0.05, 0.1) is 16.2 Å². The highest BCUT2D eigenvalue weighted by atomic mass is 35.5. The second-order valence-corrected chi connectivity index (χ2v) is 7.09. The number of halogens is 1. The van der Waals surface area contributed by atoms with Gasteiger partial charge in [0.1, 0.15) is 0 Å². The summed E-state index contributed by atoms with van der Waals surface area (Å²) in [5, 5.41) is 17.4. The van der Waals surface area contributed by atoms with Crippen LogP contribution in [0.5, 0.6) is 0 Å². The van der Waals surface area contributed by atoms with E-state index >= 15 is 0 Å². The smallest absolute Gasteiger partial charge is 0.270 e. The minimum absolute atomic E-state index is 0. The van der Waals surface area contributed by atoms with Crippen LogP contribution in [-0.4, -0.2) is 10.8 Å². The third-order valence-electron chi connectivity index (χ3n) is 4.98. The molecule has 1 aliphatic heterocycles. The maximum absolute atomic E-state index is 12.9. The topological polar surface area (TPSA) is 110 Å². The summed E-state index contributed by atoms with van der Waals surface area (Å²) in [4.78, 5) is 23.7. The molecular formula is C23H21ClN4O3. The average molecular weight is 437 g/mol. The number of nitro benzene ring substituents is 1. The highest BCUT2D eigenvalue weighted by Gasteiger charge is 2.30. The standard InChI is InChI=1S/C23H20N4O3.ClH/c1-14(24)15-7-9-17(10-8-15)25-22(16-5-3-2-4-6-16)21-19-13-18(27(29)30)11-12-20(19)26-23(21)28;/h2-14,25H,24H2,1H3,(H,26,28);1H/b22-21-;/t14-;/m0./s1. The van der Waals surface area contributed by atoms with Gasteiger partial charge in [0, 0.05) is 35.1 Å². The maximum Gasteiger partial charge on any atom is 0.270 e. The van der Waals surface area contributed by atoms with Crippen molar-refractivity contribution in [2.75, 3.05) is 10.6 Å². The Hall–Kier alpha value is -3.68. The number of hydrogen-bond acceptors (Lipinski definition) is 5. The number of nitrogens with zero attached hydrogens (tertiary/aromatic N) is 1. The molecule has 0 bridgehead atoms. The molecule has 4 N–H and O–H groups in total. The van der Waals surface area contributed by atoms with Gasteiger partial charge in [-0.1, -0.05) is 42.5 Å². The number of hydrogen-bond donors (Lipinski definition) is 3. The van der Waals surface area contributed by atoms with Crippen molar-refractivity contribution in [3.05, 3.63) is 99.6 Å². The average Bonchev–Trinajstić information content (AvgIpc) is 3.07. The van der Waals surface area contributed by atoms with Crippen molar-refractivity contribution in [2.45, 2.75) is 13.0 Å². The van der Waals surface area contributed by atoms with Crippen molar-refractivity contribution >= 4 is 46.6 Å². The fourth-order valence-electron chi connectivity index (χ4n) is 3.42. The number of carbonyl (C=O) groups excluding carboxylic acids is 1. The zero-order valence-electron chi connectivity index (χ0n) is 16.7. The summed E-state index contributed by atoms with van der Waals surface area (Å²) in [5.41, 5.74) is 10.4. The Balaban J connectivity index is 0.00000272. The molecule has 1 heterocycles. The second kappa shape index (κ2) is 8.99. The van der Waals surface area contributed by atoms with Crippen molar-refractivity contribution in [3.63, 3.8) is 0 Å². The van der Waals surface area contributed by atoms with Gasteiger partial charge in [-0.25, -0.2) is 0 Å². The minimum atomic E-state index is -0.469. The van der Waals surface area contributed by atoms with Crippen molar-refractivity contribution in [2.24, 2.45) is 5.73 Å². The Labute approximate surface area is 185 Å². The van der Waals surface area contributed by atoms with E-state index in [-0.39, 0.29) is 30.0 Å². The molecule has 1 aliphatic rings. The number of nitrogens with one attached hydrogen (secondary N) is 2. The van der Waals surface area contributed by atoms with Gasteiger partial charge in [-0.3, -0.25) is 14.9 Å². The summed E-state index contributed by atoms with van der Waals surface area (Å²) in [5.74, 6) is -0.316. The van der Waals surface area contributed by atoms with Gasteiger partial charge >= 0.3 is 0 Å². The molecule has 3 aromatic rings. The molecule has 0 aromatic heterocycles. The largest absolute Gasteiger partial charge is 0.354 e. The van der Waals surface area contributed by atoms with E-state index in [0.717, 1.165) is 16.8 Å². The van der Waals surface area contributed by atoms with Gasteiger partial charge < -0.3 is 16.4 Å². The van der Waals surface area contributed by atoms with Crippen molar-refractivity contribution < 1.29 is 9.72 Å². The molecular weight excluding hydrogens is 416 g/mol. The first-order chi connectivity index (χ1) is 14.4. The second-order valence-electron chi connectivity index (χ2n) is 7.09. The van der Waals surface area contributed by atoms with E-state index in [4.69, 9.17) is 5.73 Å². The van der Waals surface area contributed by atoms with E-state index in [0.29, 0.717) is 22.5 Å². The first-order valence-electron chi connectivity index (χ1n) is 9.46. The van der Waals surface area contributed by atoms with Crippen LogP contribution in [0.4, 0.5) is 17.1 Å². The van der Waals surface area contributed by atoms with Gasteiger partial charge in [0.25, 0.3) is 11.6 Å². The van der Waals surface area contributed by atoms with Crippen LogP contribution in [0.1, 0.15) is 29.7 Å². The molecule has 0 spiro atoms. The summed E-state index contributed by atoms with van der Waals surface area (Å²) in [6.45, 7) is 1.91. The molecule has 3 aromatic carbocycles. The molecule has 1 amide bonds. The Kier molecular flexibility index (Phi) is 6.39. The predicted octanol–water partition coefficient (Wildman–Crippen LogP) is 4.97. The lowest BCUT2D eigenvalue weighted by molar-refractivity contribution is -0.384. The molecule has 0 fully saturated rings. The Bertz CT molecular complexity index is 1160. The third kappa shape index (κ3) is 4.42. The summed E-state index contributed by atoms with van der Waals surface area (Å²) < 4.78 is 0. The minimum Gasteiger partial charge on any atom is -0.354 e. The van der Waals surface area contributed by atoms with Crippen LogP contribution in [0.15, 0.2) is 72.8 Å². The number of benzene rings is 3. The molecule has 0 unspecified atom stereocenters. The molecule has 0 saturated carbocycles. The number of amides is 1. The highest BCUT2D eigenvalue weighted by molar-refractivity contribution is 6.37. The number of rotatable bonds is 5. The maximum atomic E-state index is 12.9. The van der Waals surface area contributed by atoms with E-state index in [1.807, 2.05) is 61.5 Å². The summed E-state index contributed by atoms with van der Waals surface area (Å²) in [6.07, 6.45) is 0. The SMILES string of the molecule is C[C@H](N)c1ccc(N/C(=C2\C(=O)Nc3ccc([N+](=O)[O-])cc32)c2ccccc2)cc1.Cl. The highest BCUT2D eigenvalue weighted by Crippen LogP contribution is 2.39. The van der Waals surface area contributed by atoms with Crippen LogP contribution < -0.4 is 16.4 Å². The molecule has 1 atom stereocenters. The number of anilines is 2. The fraction of sp³-hybridized carbons (Fsp3) is 0.0870. The van der Waals surface area contributed by atoms with Crippen molar-refractivity contribution in [3.8, 4) is 0 Å². The zero-order valence-corrected chi connectivity index (χ0v) is 17.5. The normalized spacial score (nSPS) is 14.7. The van der Waals surface area contributed by atoms with Gasteiger partial charge in [-0.15, -0.1) is 12.4 Å². The molecule has 158 valence electrons. The molecule has 4 rings (SSSR count). The molecule has 0 radical (unpaired) electrons.